The minimum absolute atomic E-state index is 0.0463. The molecule has 0 saturated heterocycles. The number of hydrogen-bond acceptors (Lipinski definition) is 5. The SMILES string of the molecule is O=c1c2ccccc2nc(SCc2cccc(Br)c2)n1Cc1ccc2c(c1)OCO2. The van der Waals surface area contributed by atoms with Crippen molar-refractivity contribution in [1.29, 1.82) is 0 Å². The molecule has 0 fully saturated rings. The Morgan fingerprint density at radius 3 is 2.73 bits per heavy atom. The molecule has 0 spiro atoms. The molecule has 5 rings (SSSR count). The van der Waals surface area contributed by atoms with Crippen LogP contribution < -0.4 is 15.0 Å². The Labute approximate surface area is 185 Å². The Morgan fingerprint density at radius 2 is 1.83 bits per heavy atom. The molecule has 4 aromatic rings. The predicted molar refractivity (Wildman–Crippen MR) is 121 cm³/mol. The van der Waals surface area contributed by atoms with Gasteiger partial charge in [0.15, 0.2) is 16.7 Å². The number of para-hydroxylation sites is 1. The molecule has 1 aliphatic heterocycles. The fourth-order valence-electron chi connectivity index (χ4n) is 3.39. The number of benzene rings is 3. The molecule has 1 aliphatic rings. The van der Waals surface area contributed by atoms with Crippen LogP contribution in [0.2, 0.25) is 0 Å². The predicted octanol–water partition coefficient (Wildman–Crippen LogP) is 5.23. The summed E-state index contributed by atoms with van der Waals surface area (Å²) in [5.74, 6) is 2.15. The van der Waals surface area contributed by atoms with Crippen LogP contribution in [0.5, 0.6) is 11.5 Å². The zero-order valence-electron chi connectivity index (χ0n) is 15.9. The van der Waals surface area contributed by atoms with Crippen LogP contribution in [0.4, 0.5) is 0 Å². The second-order valence-electron chi connectivity index (χ2n) is 6.91. The number of fused-ring (bicyclic) bond motifs is 2. The summed E-state index contributed by atoms with van der Waals surface area (Å²) in [6, 6.07) is 21.4. The van der Waals surface area contributed by atoms with Crippen LogP contribution >= 0.6 is 27.7 Å². The lowest BCUT2D eigenvalue weighted by Gasteiger charge is -2.14. The number of rotatable bonds is 5. The lowest BCUT2D eigenvalue weighted by molar-refractivity contribution is 0.174. The third-order valence-electron chi connectivity index (χ3n) is 4.86. The van der Waals surface area contributed by atoms with Gasteiger partial charge < -0.3 is 9.47 Å². The average molecular weight is 481 g/mol. The van der Waals surface area contributed by atoms with Crippen molar-refractivity contribution in [3.63, 3.8) is 0 Å². The van der Waals surface area contributed by atoms with Gasteiger partial charge in [-0.2, -0.15) is 0 Å². The quantitative estimate of drug-likeness (QED) is 0.289. The highest BCUT2D eigenvalue weighted by atomic mass is 79.9. The molecule has 0 bridgehead atoms. The van der Waals surface area contributed by atoms with Gasteiger partial charge in [0.25, 0.3) is 5.56 Å². The van der Waals surface area contributed by atoms with Crippen LogP contribution in [0.1, 0.15) is 11.1 Å². The maximum atomic E-state index is 13.3. The van der Waals surface area contributed by atoms with E-state index in [1.807, 2.05) is 54.6 Å². The summed E-state index contributed by atoms with van der Waals surface area (Å²) in [5.41, 5.74) is 2.78. The molecule has 0 radical (unpaired) electrons. The first-order valence-corrected chi connectivity index (χ1v) is 11.2. The van der Waals surface area contributed by atoms with E-state index in [9.17, 15) is 4.79 Å². The molecule has 0 aliphatic carbocycles. The zero-order chi connectivity index (χ0) is 20.5. The second-order valence-corrected chi connectivity index (χ2v) is 8.77. The van der Waals surface area contributed by atoms with E-state index in [1.54, 1.807) is 16.3 Å². The van der Waals surface area contributed by atoms with E-state index in [-0.39, 0.29) is 12.4 Å². The lowest BCUT2D eigenvalue weighted by Crippen LogP contribution is -2.24. The van der Waals surface area contributed by atoms with Gasteiger partial charge in [0.05, 0.1) is 17.4 Å². The molecular weight excluding hydrogens is 464 g/mol. The number of nitrogens with zero attached hydrogens (tertiary/aromatic N) is 2. The number of aromatic nitrogens is 2. The Kier molecular flexibility index (Phi) is 5.23. The molecule has 0 unspecified atom stereocenters. The minimum Gasteiger partial charge on any atom is -0.454 e. The molecule has 0 amide bonds. The summed E-state index contributed by atoms with van der Waals surface area (Å²) < 4.78 is 13.7. The van der Waals surface area contributed by atoms with Crippen LogP contribution in [-0.2, 0) is 12.3 Å². The Morgan fingerprint density at radius 1 is 0.967 bits per heavy atom. The van der Waals surface area contributed by atoms with E-state index in [2.05, 4.69) is 28.1 Å². The minimum atomic E-state index is -0.0463. The highest BCUT2D eigenvalue weighted by molar-refractivity contribution is 9.10. The normalized spacial score (nSPS) is 12.4. The molecule has 5 nitrogen and oxygen atoms in total. The van der Waals surface area contributed by atoms with Crippen LogP contribution in [0.15, 0.2) is 81.2 Å². The number of halogens is 1. The standard InChI is InChI=1S/C23H17BrN2O3S/c24-17-5-3-4-16(10-17)13-30-23-25-19-7-2-1-6-18(19)22(27)26(23)12-15-8-9-20-21(11-15)29-14-28-20/h1-11H,12-14H2. The van der Waals surface area contributed by atoms with E-state index < -0.39 is 0 Å². The van der Waals surface area contributed by atoms with Crippen molar-refractivity contribution in [3.05, 3.63) is 92.7 Å². The molecule has 0 saturated carbocycles. The summed E-state index contributed by atoms with van der Waals surface area (Å²) in [5, 5.41) is 1.31. The van der Waals surface area contributed by atoms with Crippen LogP contribution in [-0.4, -0.2) is 16.3 Å². The molecule has 0 atom stereocenters. The van der Waals surface area contributed by atoms with E-state index in [0.29, 0.717) is 34.1 Å². The van der Waals surface area contributed by atoms with Crippen molar-refractivity contribution in [2.45, 2.75) is 17.5 Å². The highest BCUT2D eigenvalue weighted by Crippen LogP contribution is 2.33. The summed E-state index contributed by atoms with van der Waals surface area (Å²) in [4.78, 5) is 18.1. The van der Waals surface area contributed by atoms with E-state index in [4.69, 9.17) is 14.5 Å². The van der Waals surface area contributed by atoms with Gasteiger partial charge in [-0.05, 0) is 47.5 Å². The summed E-state index contributed by atoms with van der Waals surface area (Å²) in [6.45, 7) is 0.637. The molecule has 150 valence electrons. The molecule has 2 heterocycles. The van der Waals surface area contributed by atoms with Crippen molar-refractivity contribution < 1.29 is 9.47 Å². The number of hydrogen-bond donors (Lipinski definition) is 0. The van der Waals surface area contributed by atoms with Gasteiger partial charge >= 0.3 is 0 Å². The van der Waals surface area contributed by atoms with E-state index >= 15 is 0 Å². The molecule has 0 N–H and O–H groups in total. The first-order chi connectivity index (χ1) is 14.7. The first kappa shape index (κ1) is 19.2. The van der Waals surface area contributed by atoms with Crippen molar-refractivity contribution in [2.75, 3.05) is 6.79 Å². The molecule has 3 aromatic carbocycles. The van der Waals surface area contributed by atoms with Gasteiger partial charge in [-0.25, -0.2) is 4.98 Å². The molecule has 30 heavy (non-hydrogen) atoms. The largest absolute Gasteiger partial charge is 0.454 e. The fourth-order valence-corrected chi connectivity index (χ4v) is 4.78. The third kappa shape index (κ3) is 3.82. The van der Waals surface area contributed by atoms with Gasteiger partial charge in [-0.1, -0.05) is 58.0 Å². The van der Waals surface area contributed by atoms with Gasteiger partial charge in [0.1, 0.15) is 0 Å². The second kappa shape index (κ2) is 8.16. The molecule has 1 aromatic heterocycles. The Balaban J connectivity index is 1.53. The fraction of sp³-hybridized carbons (Fsp3) is 0.130. The topological polar surface area (TPSA) is 53.4 Å². The first-order valence-electron chi connectivity index (χ1n) is 9.43. The zero-order valence-corrected chi connectivity index (χ0v) is 18.3. The number of ether oxygens (including phenoxy) is 2. The van der Waals surface area contributed by atoms with Crippen molar-refractivity contribution >= 4 is 38.6 Å². The maximum absolute atomic E-state index is 13.3. The third-order valence-corrected chi connectivity index (χ3v) is 6.40. The van der Waals surface area contributed by atoms with Gasteiger partial charge in [-0.15, -0.1) is 0 Å². The van der Waals surface area contributed by atoms with Crippen LogP contribution in [0, 0.1) is 0 Å². The van der Waals surface area contributed by atoms with Crippen molar-refractivity contribution in [2.24, 2.45) is 0 Å². The summed E-state index contributed by atoms with van der Waals surface area (Å²) >= 11 is 5.07. The van der Waals surface area contributed by atoms with Gasteiger partial charge in [-0.3, -0.25) is 9.36 Å². The average Bonchev–Trinajstić information content (AvgIpc) is 3.22. The van der Waals surface area contributed by atoms with Gasteiger partial charge in [0.2, 0.25) is 6.79 Å². The van der Waals surface area contributed by atoms with Crippen molar-refractivity contribution in [3.8, 4) is 11.5 Å². The van der Waals surface area contributed by atoms with Gasteiger partial charge in [0, 0.05) is 10.2 Å². The highest BCUT2D eigenvalue weighted by Gasteiger charge is 2.16. The lowest BCUT2D eigenvalue weighted by atomic mass is 10.2. The summed E-state index contributed by atoms with van der Waals surface area (Å²) in [7, 11) is 0. The van der Waals surface area contributed by atoms with E-state index in [0.717, 1.165) is 21.3 Å². The number of thioether (sulfide) groups is 1. The monoisotopic (exact) mass is 480 g/mol. The Bertz CT molecular complexity index is 1310. The smallest absolute Gasteiger partial charge is 0.262 e. The Hall–Kier alpha value is -2.77. The molecule has 7 heteroatoms. The van der Waals surface area contributed by atoms with E-state index in [1.165, 1.54) is 0 Å². The van der Waals surface area contributed by atoms with Crippen LogP contribution in [0.25, 0.3) is 10.9 Å². The van der Waals surface area contributed by atoms with Crippen molar-refractivity contribution in [1.82, 2.24) is 9.55 Å². The van der Waals surface area contributed by atoms with Crippen LogP contribution in [0.3, 0.4) is 0 Å². The molecular formula is C23H17BrN2O3S. The maximum Gasteiger partial charge on any atom is 0.262 e. The summed E-state index contributed by atoms with van der Waals surface area (Å²) in [6.07, 6.45) is 0.